The number of nitrogen functional groups attached to an aromatic ring is 1. The van der Waals surface area contributed by atoms with E-state index in [0.717, 1.165) is 28.6 Å². The lowest BCUT2D eigenvalue weighted by atomic mass is 10.1. The highest BCUT2D eigenvalue weighted by Crippen LogP contribution is 2.24. The van der Waals surface area contributed by atoms with E-state index in [-0.39, 0.29) is 5.91 Å². The molecule has 0 radical (unpaired) electrons. The first-order valence-electron chi connectivity index (χ1n) is 12.0. The molecule has 0 aliphatic heterocycles. The number of unbranched alkanes of at least 4 members (excludes halogenated alkanes) is 10. The number of fused-ring (bicyclic) bond motifs is 1. The van der Waals surface area contributed by atoms with Crippen LogP contribution in [0.2, 0.25) is 0 Å². The Kier molecular flexibility index (Phi) is 15.1. The summed E-state index contributed by atoms with van der Waals surface area (Å²) in [7, 11) is 0. The lowest BCUT2D eigenvalue weighted by molar-refractivity contribution is -0.121. The molecule has 1 amide bonds. The fourth-order valence-electron chi connectivity index (χ4n) is 3.28. The smallest absolute Gasteiger partial charge is 0.220 e. The molecule has 170 valence electrons. The van der Waals surface area contributed by atoms with Gasteiger partial charge in [-0.25, -0.2) is 4.98 Å². The van der Waals surface area contributed by atoms with Crippen molar-refractivity contribution in [3.63, 3.8) is 0 Å². The number of carbonyl (C=O) groups is 1. The van der Waals surface area contributed by atoms with Crippen LogP contribution in [0.4, 0.5) is 5.13 Å². The van der Waals surface area contributed by atoms with Crippen molar-refractivity contribution < 1.29 is 4.79 Å². The molecule has 5 heteroatoms. The Balaban J connectivity index is 0.000000329. The second-order valence-corrected chi connectivity index (χ2v) is 9.13. The topological polar surface area (TPSA) is 68.0 Å². The quantitative estimate of drug-likeness (QED) is 0.301. The fraction of sp³-hybridized carbons (Fsp3) is 0.680. The van der Waals surface area contributed by atoms with Gasteiger partial charge in [0.15, 0.2) is 5.13 Å². The Hall–Kier alpha value is -1.62. The predicted octanol–water partition coefficient (Wildman–Crippen LogP) is 7.61. The molecule has 1 heterocycles. The number of nitrogens with one attached hydrogen (secondary N) is 1. The largest absolute Gasteiger partial charge is 0.375 e. The first-order chi connectivity index (χ1) is 14.6. The number of amides is 1. The minimum Gasteiger partial charge on any atom is -0.375 e. The predicted molar refractivity (Wildman–Crippen MR) is 133 cm³/mol. The summed E-state index contributed by atoms with van der Waals surface area (Å²) in [5.74, 6) is 0.112. The standard InChI is InChI=1S/C13H17N3OS.C12H26/c1-2-3-4-12(17)15-8-9-5-6-10-11(7-9)18-13(14)16-10;1-3-5-7-9-11-12-10-8-6-4-2/h5-7H,2-4,8H2,1H3,(H2,14,16)(H,15,17);3-12H2,1-2H3. The second kappa shape index (κ2) is 17.1. The number of aromatic nitrogens is 1. The van der Waals surface area contributed by atoms with Gasteiger partial charge < -0.3 is 11.1 Å². The summed E-state index contributed by atoms with van der Waals surface area (Å²) in [4.78, 5) is 15.7. The summed E-state index contributed by atoms with van der Waals surface area (Å²) in [6.07, 6.45) is 17.0. The van der Waals surface area contributed by atoms with Crippen molar-refractivity contribution in [2.45, 2.75) is 111 Å². The van der Waals surface area contributed by atoms with E-state index >= 15 is 0 Å². The molecule has 0 unspecified atom stereocenters. The van der Waals surface area contributed by atoms with E-state index in [1.165, 1.54) is 75.5 Å². The third-order valence-corrected chi connectivity index (χ3v) is 6.02. The van der Waals surface area contributed by atoms with Crippen molar-refractivity contribution in [1.82, 2.24) is 10.3 Å². The molecule has 1 aromatic carbocycles. The summed E-state index contributed by atoms with van der Waals surface area (Å²) in [6.45, 7) is 7.20. The monoisotopic (exact) mass is 433 g/mol. The van der Waals surface area contributed by atoms with Gasteiger partial charge in [0.25, 0.3) is 0 Å². The zero-order valence-electron chi connectivity index (χ0n) is 19.5. The van der Waals surface area contributed by atoms with Crippen molar-refractivity contribution in [2.75, 3.05) is 5.73 Å². The highest BCUT2D eigenvalue weighted by atomic mass is 32.1. The number of rotatable bonds is 14. The first kappa shape index (κ1) is 26.4. The number of hydrogen-bond donors (Lipinski definition) is 2. The first-order valence-corrected chi connectivity index (χ1v) is 12.8. The van der Waals surface area contributed by atoms with Crippen LogP contribution in [0.15, 0.2) is 18.2 Å². The molecular formula is C25H43N3OS. The van der Waals surface area contributed by atoms with Gasteiger partial charge in [0.05, 0.1) is 10.2 Å². The van der Waals surface area contributed by atoms with Crippen molar-refractivity contribution in [3.8, 4) is 0 Å². The SMILES string of the molecule is CCCCC(=O)NCc1ccc2nc(N)sc2c1.CCCCCCCCCCCC. The van der Waals surface area contributed by atoms with Crippen molar-refractivity contribution >= 4 is 32.6 Å². The molecule has 0 saturated carbocycles. The van der Waals surface area contributed by atoms with Crippen LogP contribution in [-0.4, -0.2) is 10.9 Å². The second-order valence-electron chi connectivity index (χ2n) is 8.06. The number of carbonyl (C=O) groups excluding carboxylic acids is 1. The molecule has 0 atom stereocenters. The Morgan fingerprint density at radius 1 is 0.900 bits per heavy atom. The lowest BCUT2D eigenvalue weighted by Crippen LogP contribution is -2.22. The zero-order chi connectivity index (χ0) is 22.0. The molecule has 1 aromatic heterocycles. The average Bonchev–Trinajstić information content (AvgIpc) is 3.12. The minimum atomic E-state index is 0.112. The van der Waals surface area contributed by atoms with E-state index in [4.69, 9.17) is 5.73 Å². The summed E-state index contributed by atoms with van der Waals surface area (Å²) >= 11 is 1.47. The van der Waals surface area contributed by atoms with Gasteiger partial charge in [-0.3, -0.25) is 4.79 Å². The van der Waals surface area contributed by atoms with Crippen molar-refractivity contribution in [2.24, 2.45) is 0 Å². The van der Waals surface area contributed by atoms with Gasteiger partial charge in [0.1, 0.15) is 0 Å². The third kappa shape index (κ3) is 12.2. The summed E-state index contributed by atoms with van der Waals surface area (Å²) in [5, 5.41) is 3.50. The number of nitrogens with zero attached hydrogens (tertiary/aromatic N) is 1. The normalized spacial score (nSPS) is 10.6. The Morgan fingerprint density at radius 3 is 2.03 bits per heavy atom. The van der Waals surface area contributed by atoms with E-state index in [1.807, 2.05) is 18.2 Å². The molecule has 0 saturated heterocycles. The van der Waals surface area contributed by atoms with E-state index < -0.39 is 0 Å². The lowest BCUT2D eigenvalue weighted by Gasteiger charge is -2.04. The molecule has 0 bridgehead atoms. The van der Waals surface area contributed by atoms with Gasteiger partial charge >= 0.3 is 0 Å². The Morgan fingerprint density at radius 2 is 1.47 bits per heavy atom. The van der Waals surface area contributed by atoms with Crippen LogP contribution < -0.4 is 11.1 Å². The van der Waals surface area contributed by atoms with Gasteiger partial charge in [-0.15, -0.1) is 0 Å². The van der Waals surface area contributed by atoms with Crippen molar-refractivity contribution in [3.05, 3.63) is 23.8 Å². The highest BCUT2D eigenvalue weighted by molar-refractivity contribution is 7.22. The molecule has 0 aliphatic rings. The number of benzene rings is 1. The van der Waals surface area contributed by atoms with Crippen molar-refractivity contribution in [1.29, 1.82) is 0 Å². The Labute approximate surface area is 188 Å². The summed E-state index contributed by atoms with van der Waals surface area (Å²) < 4.78 is 1.06. The van der Waals surface area contributed by atoms with E-state index in [9.17, 15) is 4.79 Å². The molecule has 3 N–H and O–H groups in total. The molecular weight excluding hydrogens is 390 g/mol. The maximum absolute atomic E-state index is 11.5. The minimum absolute atomic E-state index is 0.112. The number of anilines is 1. The number of nitrogens with two attached hydrogens (primary N) is 1. The molecule has 2 rings (SSSR count). The summed E-state index contributed by atoms with van der Waals surface area (Å²) in [5.41, 5.74) is 7.65. The maximum atomic E-state index is 11.5. The van der Waals surface area contributed by atoms with E-state index in [1.54, 1.807) is 0 Å². The number of thiazole rings is 1. The van der Waals surface area contributed by atoms with Gasteiger partial charge in [-0.2, -0.15) is 0 Å². The zero-order valence-corrected chi connectivity index (χ0v) is 20.3. The van der Waals surface area contributed by atoms with Gasteiger partial charge in [-0.05, 0) is 24.1 Å². The highest BCUT2D eigenvalue weighted by Gasteiger charge is 2.04. The van der Waals surface area contributed by atoms with Crippen LogP contribution in [0.25, 0.3) is 10.2 Å². The van der Waals surface area contributed by atoms with Gasteiger partial charge in [0, 0.05) is 13.0 Å². The number of hydrogen-bond acceptors (Lipinski definition) is 4. The van der Waals surface area contributed by atoms with Crippen LogP contribution in [0.5, 0.6) is 0 Å². The maximum Gasteiger partial charge on any atom is 0.220 e. The molecule has 2 aromatic rings. The van der Waals surface area contributed by atoms with Gasteiger partial charge in [-0.1, -0.05) is 109 Å². The van der Waals surface area contributed by atoms with E-state index in [0.29, 0.717) is 18.1 Å². The van der Waals surface area contributed by atoms with Crippen LogP contribution in [0, 0.1) is 0 Å². The molecule has 30 heavy (non-hydrogen) atoms. The third-order valence-electron chi connectivity index (χ3n) is 5.17. The fourth-order valence-corrected chi connectivity index (χ4v) is 4.08. The van der Waals surface area contributed by atoms with Crippen LogP contribution in [-0.2, 0) is 11.3 Å². The van der Waals surface area contributed by atoms with Gasteiger partial charge in [0.2, 0.25) is 5.91 Å². The average molecular weight is 434 g/mol. The van der Waals surface area contributed by atoms with Crippen LogP contribution in [0.3, 0.4) is 0 Å². The molecule has 4 nitrogen and oxygen atoms in total. The van der Waals surface area contributed by atoms with Crippen LogP contribution >= 0.6 is 11.3 Å². The molecule has 0 aliphatic carbocycles. The molecule has 0 spiro atoms. The summed E-state index contributed by atoms with van der Waals surface area (Å²) in [6, 6.07) is 5.95. The van der Waals surface area contributed by atoms with Crippen LogP contribution in [0.1, 0.15) is 110 Å². The molecule has 0 fully saturated rings. The Bertz CT molecular complexity index is 689. The van der Waals surface area contributed by atoms with E-state index in [2.05, 4.69) is 31.1 Å².